The molecule has 1 aromatic rings. The molecule has 0 aromatic heterocycles. The summed E-state index contributed by atoms with van der Waals surface area (Å²) >= 11 is 0. The van der Waals surface area contributed by atoms with E-state index >= 15 is 0 Å². The van der Waals surface area contributed by atoms with Crippen molar-refractivity contribution in [2.75, 3.05) is 18.2 Å². The number of benzene rings is 1. The second-order valence-corrected chi connectivity index (χ2v) is 19.5. The summed E-state index contributed by atoms with van der Waals surface area (Å²) in [6.07, 6.45) is 13.1. The molecule has 6 fully saturated rings. The highest BCUT2D eigenvalue weighted by atomic mass is 33.1. The number of Topliss-reactive ketones (excluding diaryl/α,β-unsaturated/α-hetero) is 1. The Bertz CT molecular complexity index is 1320. The van der Waals surface area contributed by atoms with Crippen LogP contribution < -0.4 is 5.32 Å². The molecule has 1 aliphatic heterocycles. The molecule has 5 nitrogen and oxygen atoms in total. The highest BCUT2D eigenvalue weighted by Crippen LogP contribution is 2.86. The number of anilines is 1. The van der Waals surface area contributed by atoms with Crippen LogP contribution in [0.25, 0.3) is 0 Å². The van der Waals surface area contributed by atoms with Crippen molar-refractivity contribution >= 4 is 33.1 Å². The largest absolute Gasteiger partial charge is 0.391 e. The number of rotatable bonds is 2. The van der Waals surface area contributed by atoms with Crippen molar-refractivity contribution < 1.29 is 19.7 Å². The predicted molar refractivity (Wildman–Crippen MR) is 180 cm³/mol. The number of ketones is 1. The number of carbonyl (C=O) groups excluding carboxylic acids is 1. The number of aliphatic hydroxyl groups excluding tert-OH is 1. The van der Waals surface area contributed by atoms with E-state index in [1.165, 1.54) is 63.4 Å². The number of methoxy groups -OCH3 is 1. The van der Waals surface area contributed by atoms with Crippen LogP contribution in [0, 0.1) is 45.8 Å². The second kappa shape index (κ2) is 10.4. The van der Waals surface area contributed by atoms with Crippen LogP contribution >= 0.6 is 21.6 Å². The van der Waals surface area contributed by atoms with Crippen LogP contribution in [0.15, 0.2) is 24.3 Å². The number of nitrogens with one attached hydrogen (secondary N) is 1. The quantitative estimate of drug-likeness (QED) is 0.293. The van der Waals surface area contributed by atoms with Gasteiger partial charge in [0.25, 0.3) is 0 Å². The van der Waals surface area contributed by atoms with Crippen LogP contribution in [-0.2, 0) is 16.0 Å². The highest BCUT2D eigenvalue weighted by molar-refractivity contribution is 8.77. The van der Waals surface area contributed by atoms with E-state index in [4.69, 9.17) is 4.74 Å². The molecule has 8 rings (SSSR count). The summed E-state index contributed by atoms with van der Waals surface area (Å²) < 4.78 is 6.22. The molecule has 0 saturated heterocycles. The van der Waals surface area contributed by atoms with Crippen molar-refractivity contribution in [1.29, 1.82) is 0 Å². The van der Waals surface area contributed by atoms with Gasteiger partial charge in [-0.3, -0.25) is 4.79 Å². The molecule has 1 heterocycles. The third kappa shape index (κ3) is 3.83. The van der Waals surface area contributed by atoms with Gasteiger partial charge in [-0.2, -0.15) is 0 Å². The standard InChI is InChI=1S/C37H53NO4S2/c1-22(39)28-21-43-44-36(12-6-5-7-13-36)27-20-35(19-25(27)15-23-9-8-10-26(16-23)38-28)14-11-24-18-33(2)34(35,3)31(24)32-29(40)17-30(42-4)37(32,33)41/h8-10,16,22,24-25,27-28,30-32,38-39,41H,5-7,11-15,17-21H2,1-4H3/t22-,24+,25+,27-,28+,30-,31-,32+,33+,34-,35-,37+/m0/s1. The van der Waals surface area contributed by atoms with Crippen LogP contribution in [-0.4, -0.2) is 57.5 Å². The fourth-order valence-electron chi connectivity index (χ4n) is 13.4. The zero-order valence-electron chi connectivity index (χ0n) is 27.1. The maximum absolute atomic E-state index is 13.8. The Morgan fingerprint density at radius 1 is 1.05 bits per heavy atom. The first-order valence-corrected chi connectivity index (χ1v) is 20.0. The zero-order chi connectivity index (χ0) is 30.7. The summed E-state index contributed by atoms with van der Waals surface area (Å²) in [6, 6.07) is 9.03. The number of carbonyl (C=O) groups is 1. The van der Waals surface area contributed by atoms with Crippen molar-refractivity contribution in [2.24, 2.45) is 45.8 Å². The Balaban J connectivity index is 1.23. The normalized spacial score (nSPS) is 49.7. The summed E-state index contributed by atoms with van der Waals surface area (Å²) in [6.45, 7) is 6.85. The van der Waals surface area contributed by atoms with E-state index in [-0.39, 0.29) is 50.8 Å². The van der Waals surface area contributed by atoms with Crippen molar-refractivity contribution in [1.82, 2.24) is 0 Å². The molecule has 6 aliphatic carbocycles. The molecule has 0 amide bonds. The average molecular weight is 640 g/mol. The third-order valence-corrected chi connectivity index (χ3v) is 18.8. The van der Waals surface area contributed by atoms with E-state index in [1.807, 2.05) is 17.7 Å². The molecule has 7 heteroatoms. The van der Waals surface area contributed by atoms with Crippen LogP contribution in [0.2, 0.25) is 0 Å². The fourth-order valence-corrected chi connectivity index (χ4v) is 17.3. The summed E-state index contributed by atoms with van der Waals surface area (Å²) in [5, 5.41) is 27.2. The molecular formula is C37H53NO4S2. The topological polar surface area (TPSA) is 78.8 Å². The summed E-state index contributed by atoms with van der Waals surface area (Å²) in [5.74, 6) is 2.89. The van der Waals surface area contributed by atoms with Gasteiger partial charge >= 0.3 is 0 Å². The van der Waals surface area contributed by atoms with Gasteiger partial charge in [-0.25, -0.2) is 0 Å². The van der Waals surface area contributed by atoms with Crippen molar-refractivity contribution in [2.45, 2.75) is 126 Å². The van der Waals surface area contributed by atoms with Gasteiger partial charge in [-0.15, -0.1) is 0 Å². The lowest BCUT2D eigenvalue weighted by atomic mass is 9.48. The molecule has 3 N–H and O–H groups in total. The van der Waals surface area contributed by atoms with E-state index in [9.17, 15) is 15.0 Å². The predicted octanol–water partition coefficient (Wildman–Crippen LogP) is 7.29. The minimum absolute atomic E-state index is 0.0169. The lowest BCUT2D eigenvalue weighted by Crippen LogP contribution is -2.58. The molecule has 6 saturated carbocycles. The van der Waals surface area contributed by atoms with Gasteiger partial charge in [0.05, 0.1) is 24.2 Å². The summed E-state index contributed by atoms with van der Waals surface area (Å²) in [7, 11) is 5.87. The number of ether oxygens (including phenoxy) is 1. The molecule has 6 bridgehead atoms. The Kier molecular flexibility index (Phi) is 7.22. The first kappa shape index (κ1) is 30.6. The SMILES string of the molecule is CO[C@H]1CC(=O)[C@@H]2[C@@H]3[C@@H]4CC[C@@]5(C[C@H]6Cc7cccc(c7)N[C@@H]([C@H](C)O)CSSC7(CCCCC7)[C@H]6C5)[C@]3(C)[C@@](C)(C4)[C@@]12O. The first-order valence-electron chi connectivity index (χ1n) is 17.6. The van der Waals surface area contributed by atoms with Crippen LogP contribution in [0.4, 0.5) is 5.69 Å². The Morgan fingerprint density at radius 2 is 1.84 bits per heavy atom. The van der Waals surface area contributed by atoms with Gasteiger partial charge in [0.2, 0.25) is 0 Å². The van der Waals surface area contributed by atoms with Crippen molar-refractivity contribution in [3.05, 3.63) is 29.8 Å². The number of aliphatic hydroxyl groups is 2. The maximum Gasteiger partial charge on any atom is 0.141 e. The minimum atomic E-state index is -1.05. The third-order valence-electron chi connectivity index (χ3n) is 15.4. The number of hydrogen-bond acceptors (Lipinski definition) is 7. The monoisotopic (exact) mass is 639 g/mol. The van der Waals surface area contributed by atoms with Crippen LogP contribution in [0.3, 0.4) is 0 Å². The molecule has 2 spiro atoms. The molecule has 242 valence electrons. The van der Waals surface area contributed by atoms with E-state index in [2.05, 4.69) is 54.2 Å². The van der Waals surface area contributed by atoms with E-state index in [1.54, 1.807) is 7.11 Å². The lowest BCUT2D eigenvalue weighted by Gasteiger charge is -2.57. The van der Waals surface area contributed by atoms with Gasteiger partial charge < -0.3 is 20.3 Å². The molecule has 0 radical (unpaired) electrons. The molecule has 0 unspecified atom stereocenters. The second-order valence-electron chi connectivity index (χ2n) is 16.7. The molecule has 12 atom stereocenters. The highest BCUT2D eigenvalue weighted by Gasteiger charge is 2.87. The average Bonchev–Trinajstić information content (AvgIpc) is 3.60. The number of hydrogen-bond donors (Lipinski definition) is 3. The summed E-state index contributed by atoms with van der Waals surface area (Å²) in [4.78, 5) is 13.8. The first-order chi connectivity index (χ1) is 21.0. The van der Waals surface area contributed by atoms with Crippen molar-refractivity contribution in [3.63, 3.8) is 0 Å². The van der Waals surface area contributed by atoms with Gasteiger partial charge in [0.1, 0.15) is 11.4 Å². The van der Waals surface area contributed by atoms with Gasteiger partial charge in [0, 0.05) is 35.1 Å². The Labute approximate surface area is 272 Å². The van der Waals surface area contributed by atoms with Crippen LogP contribution in [0.1, 0.15) is 97.0 Å². The zero-order valence-corrected chi connectivity index (χ0v) is 28.8. The smallest absolute Gasteiger partial charge is 0.141 e. The molecule has 7 aliphatic rings. The molecule has 44 heavy (non-hydrogen) atoms. The van der Waals surface area contributed by atoms with E-state index < -0.39 is 11.7 Å². The van der Waals surface area contributed by atoms with Gasteiger partial charge in [-0.1, -0.05) is 66.8 Å². The van der Waals surface area contributed by atoms with E-state index in [0.717, 1.165) is 24.3 Å². The van der Waals surface area contributed by atoms with E-state index in [0.29, 0.717) is 24.2 Å². The number of fused-ring (bicyclic) bond motifs is 6. The maximum atomic E-state index is 13.8. The lowest BCUT2D eigenvalue weighted by molar-refractivity contribution is -0.186. The van der Waals surface area contributed by atoms with Gasteiger partial charge in [-0.05, 0) is 110 Å². The van der Waals surface area contributed by atoms with Gasteiger partial charge in [0.15, 0.2) is 0 Å². The fraction of sp³-hybridized carbons (Fsp3) is 0.811. The molecular weight excluding hydrogens is 587 g/mol. The Hall–Kier alpha value is -0.730. The summed E-state index contributed by atoms with van der Waals surface area (Å²) in [5.41, 5.74) is 1.19. The van der Waals surface area contributed by atoms with Crippen LogP contribution in [0.5, 0.6) is 0 Å². The van der Waals surface area contributed by atoms with Crippen molar-refractivity contribution in [3.8, 4) is 0 Å². The molecule has 1 aromatic carbocycles. The Morgan fingerprint density at radius 3 is 2.59 bits per heavy atom. The minimum Gasteiger partial charge on any atom is -0.391 e.